The van der Waals surface area contributed by atoms with Crippen molar-refractivity contribution >= 4 is 0 Å². The molecule has 0 unspecified atom stereocenters. The first-order chi connectivity index (χ1) is 9.49. The molecule has 0 amide bonds. The van der Waals surface area contributed by atoms with Gasteiger partial charge in [-0.1, -0.05) is 39.0 Å². The van der Waals surface area contributed by atoms with E-state index in [1.165, 1.54) is 4.57 Å². The van der Waals surface area contributed by atoms with Gasteiger partial charge in [0.15, 0.2) is 0 Å². The van der Waals surface area contributed by atoms with Crippen LogP contribution >= 0.6 is 0 Å². The highest BCUT2D eigenvalue weighted by Crippen LogP contribution is 2.15. The quantitative estimate of drug-likeness (QED) is 0.860. The van der Waals surface area contributed by atoms with Gasteiger partial charge in [0.05, 0.1) is 5.69 Å². The Morgan fingerprint density at radius 3 is 2.20 bits per heavy atom. The summed E-state index contributed by atoms with van der Waals surface area (Å²) in [7, 11) is 1.73. The van der Waals surface area contributed by atoms with Crippen LogP contribution in [0.4, 0.5) is 0 Å². The van der Waals surface area contributed by atoms with Crippen molar-refractivity contribution in [3.05, 3.63) is 62.4 Å². The Bertz CT molecular complexity index is 725. The molecule has 2 rings (SSSR count). The SMILES string of the molecule is CCc1c(C(C)C)c(=O)n(-c2ccccc2)c(=O)n1C. The molecular weight excluding hydrogens is 252 g/mol. The van der Waals surface area contributed by atoms with Crippen LogP contribution in [0, 0.1) is 0 Å². The monoisotopic (exact) mass is 272 g/mol. The third-order valence-electron chi connectivity index (χ3n) is 3.55. The molecule has 0 atom stereocenters. The summed E-state index contributed by atoms with van der Waals surface area (Å²) >= 11 is 0. The lowest BCUT2D eigenvalue weighted by molar-refractivity contribution is 0.652. The van der Waals surface area contributed by atoms with Crippen molar-refractivity contribution in [2.75, 3.05) is 0 Å². The number of hydrogen-bond donors (Lipinski definition) is 0. The van der Waals surface area contributed by atoms with Gasteiger partial charge in [-0.15, -0.1) is 0 Å². The molecule has 0 aliphatic carbocycles. The summed E-state index contributed by atoms with van der Waals surface area (Å²) in [5, 5.41) is 0. The summed E-state index contributed by atoms with van der Waals surface area (Å²) in [5.41, 5.74) is 1.66. The average molecular weight is 272 g/mol. The van der Waals surface area contributed by atoms with E-state index < -0.39 is 0 Å². The lowest BCUT2D eigenvalue weighted by Gasteiger charge is -2.17. The minimum atomic E-state index is -0.289. The van der Waals surface area contributed by atoms with Crippen molar-refractivity contribution in [3.8, 4) is 5.69 Å². The maximum atomic E-state index is 12.7. The van der Waals surface area contributed by atoms with Crippen LogP contribution in [0.25, 0.3) is 5.69 Å². The maximum absolute atomic E-state index is 12.7. The number of para-hydroxylation sites is 1. The van der Waals surface area contributed by atoms with Crippen molar-refractivity contribution in [1.82, 2.24) is 9.13 Å². The predicted molar refractivity (Wildman–Crippen MR) is 80.7 cm³/mol. The second-order valence-corrected chi connectivity index (χ2v) is 5.19. The molecule has 0 saturated heterocycles. The molecule has 0 radical (unpaired) electrons. The van der Waals surface area contributed by atoms with Gasteiger partial charge in [-0.25, -0.2) is 9.36 Å². The zero-order valence-electron chi connectivity index (χ0n) is 12.4. The van der Waals surface area contributed by atoms with E-state index in [1.54, 1.807) is 23.7 Å². The highest BCUT2D eigenvalue weighted by Gasteiger charge is 2.19. The molecule has 2 aromatic rings. The zero-order chi connectivity index (χ0) is 14.9. The van der Waals surface area contributed by atoms with Gasteiger partial charge in [-0.2, -0.15) is 0 Å². The van der Waals surface area contributed by atoms with Gasteiger partial charge in [0, 0.05) is 18.3 Å². The maximum Gasteiger partial charge on any atom is 0.335 e. The van der Waals surface area contributed by atoms with Crippen LogP contribution in [0.2, 0.25) is 0 Å². The molecule has 106 valence electrons. The van der Waals surface area contributed by atoms with Crippen LogP contribution in [0.15, 0.2) is 39.9 Å². The first-order valence-corrected chi connectivity index (χ1v) is 6.89. The van der Waals surface area contributed by atoms with Gasteiger partial charge in [0.25, 0.3) is 5.56 Å². The predicted octanol–water partition coefficient (Wildman–Crippen LogP) is 2.22. The fraction of sp³-hybridized carbons (Fsp3) is 0.375. The first-order valence-electron chi connectivity index (χ1n) is 6.89. The van der Waals surface area contributed by atoms with Crippen LogP contribution in [0.3, 0.4) is 0 Å². The largest absolute Gasteiger partial charge is 0.335 e. The van der Waals surface area contributed by atoms with Crippen molar-refractivity contribution in [2.24, 2.45) is 7.05 Å². The molecule has 0 aliphatic heterocycles. The summed E-state index contributed by atoms with van der Waals surface area (Å²) in [4.78, 5) is 25.2. The van der Waals surface area contributed by atoms with E-state index in [9.17, 15) is 9.59 Å². The van der Waals surface area contributed by atoms with Gasteiger partial charge >= 0.3 is 5.69 Å². The summed E-state index contributed by atoms with van der Waals surface area (Å²) in [6, 6.07) is 9.06. The molecule has 0 N–H and O–H groups in total. The van der Waals surface area contributed by atoms with E-state index >= 15 is 0 Å². The molecule has 1 aromatic heterocycles. The fourth-order valence-corrected chi connectivity index (χ4v) is 2.59. The minimum Gasteiger partial charge on any atom is -0.300 e. The van der Waals surface area contributed by atoms with Crippen molar-refractivity contribution in [2.45, 2.75) is 33.1 Å². The smallest absolute Gasteiger partial charge is 0.300 e. The van der Waals surface area contributed by atoms with Gasteiger partial charge in [-0.05, 0) is 24.5 Å². The number of benzene rings is 1. The zero-order valence-corrected chi connectivity index (χ0v) is 12.4. The Balaban J connectivity index is 2.91. The summed E-state index contributed by atoms with van der Waals surface area (Å²) in [6.45, 7) is 5.93. The fourth-order valence-electron chi connectivity index (χ4n) is 2.59. The molecule has 1 heterocycles. The topological polar surface area (TPSA) is 44.0 Å². The molecule has 0 saturated carbocycles. The molecule has 4 heteroatoms. The van der Waals surface area contributed by atoms with E-state index in [2.05, 4.69) is 0 Å². The van der Waals surface area contributed by atoms with Crippen LogP contribution in [-0.4, -0.2) is 9.13 Å². The van der Waals surface area contributed by atoms with Gasteiger partial charge in [0.2, 0.25) is 0 Å². The molecule has 0 aliphatic rings. The first kappa shape index (κ1) is 14.3. The Morgan fingerprint density at radius 1 is 1.10 bits per heavy atom. The second-order valence-electron chi connectivity index (χ2n) is 5.19. The molecular formula is C16H20N2O2. The van der Waals surface area contributed by atoms with E-state index in [4.69, 9.17) is 0 Å². The Kier molecular flexibility index (Phi) is 3.93. The lowest BCUT2D eigenvalue weighted by atomic mass is 10.0. The van der Waals surface area contributed by atoms with Crippen LogP contribution in [0.5, 0.6) is 0 Å². The second kappa shape index (κ2) is 5.49. The number of rotatable bonds is 3. The summed E-state index contributed by atoms with van der Waals surface area (Å²) < 4.78 is 2.85. The van der Waals surface area contributed by atoms with E-state index in [1.807, 2.05) is 39.0 Å². The minimum absolute atomic E-state index is 0.0826. The standard InChI is InChI=1S/C16H20N2O2/c1-5-13-14(11(2)3)15(19)18(16(20)17(13)4)12-9-7-6-8-10-12/h6-11H,5H2,1-4H3. The lowest BCUT2D eigenvalue weighted by Crippen LogP contribution is -2.42. The van der Waals surface area contributed by atoms with Crippen molar-refractivity contribution in [1.29, 1.82) is 0 Å². The number of hydrogen-bond acceptors (Lipinski definition) is 2. The van der Waals surface area contributed by atoms with Gasteiger partial charge in [0.1, 0.15) is 0 Å². The Morgan fingerprint density at radius 2 is 1.70 bits per heavy atom. The normalized spacial score (nSPS) is 11.1. The Hall–Kier alpha value is -2.10. The van der Waals surface area contributed by atoms with E-state index in [-0.39, 0.29) is 17.2 Å². The van der Waals surface area contributed by atoms with Crippen LogP contribution in [-0.2, 0) is 13.5 Å². The van der Waals surface area contributed by atoms with Crippen molar-refractivity contribution in [3.63, 3.8) is 0 Å². The number of nitrogens with zero attached hydrogens (tertiary/aromatic N) is 2. The molecule has 1 aromatic carbocycles. The van der Waals surface area contributed by atoms with Gasteiger partial charge in [-0.3, -0.25) is 4.79 Å². The molecule has 0 spiro atoms. The summed E-state index contributed by atoms with van der Waals surface area (Å²) in [6.07, 6.45) is 0.671. The molecule has 4 nitrogen and oxygen atoms in total. The number of aromatic nitrogens is 2. The Labute approximate surface area is 118 Å². The summed E-state index contributed by atoms with van der Waals surface area (Å²) in [5.74, 6) is 0.0826. The highest BCUT2D eigenvalue weighted by molar-refractivity contribution is 5.34. The highest BCUT2D eigenvalue weighted by atomic mass is 16.2. The van der Waals surface area contributed by atoms with E-state index in [0.717, 1.165) is 11.3 Å². The van der Waals surface area contributed by atoms with Crippen LogP contribution < -0.4 is 11.2 Å². The van der Waals surface area contributed by atoms with Crippen LogP contribution in [0.1, 0.15) is 37.9 Å². The average Bonchev–Trinajstić information content (AvgIpc) is 2.43. The van der Waals surface area contributed by atoms with Crippen molar-refractivity contribution < 1.29 is 0 Å². The van der Waals surface area contributed by atoms with E-state index in [0.29, 0.717) is 12.1 Å². The molecule has 0 bridgehead atoms. The molecule has 0 fully saturated rings. The molecule has 20 heavy (non-hydrogen) atoms. The van der Waals surface area contributed by atoms with Gasteiger partial charge < -0.3 is 4.57 Å². The third kappa shape index (κ3) is 2.22. The third-order valence-corrected chi connectivity index (χ3v) is 3.55.